The van der Waals surface area contributed by atoms with E-state index in [1.54, 1.807) is 6.07 Å². The fraction of sp³-hybridized carbons (Fsp3) is 0.333. The molecule has 2 aromatic heterocycles. The Morgan fingerprint density at radius 2 is 2.21 bits per heavy atom. The summed E-state index contributed by atoms with van der Waals surface area (Å²) in [7, 11) is 0. The number of benzene rings is 1. The topological polar surface area (TPSA) is 55.1 Å². The molecule has 0 amide bonds. The first-order chi connectivity index (χ1) is 13.4. The number of carboxylic acids is 1. The Bertz CT molecular complexity index is 1080. The zero-order valence-electron chi connectivity index (χ0n) is 15.6. The van der Waals surface area contributed by atoms with Crippen molar-refractivity contribution in [3.63, 3.8) is 0 Å². The lowest BCUT2D eigenvalue weighted by molar-refractivity contribution is -0.137. The number of carbonyl (C=O) groups is 1. The van der Waals surface area contributed by atoms with E-state index >= 15 is 0 Å². The maximum absolute atomic E-state index is 13.5. The highest BCUT2D eigenvalue weighted by Gasteiger charge is 2.33. The van der Waals surface area contributed by atoms with E-state index in [0.717, 1.165) is 45.0 Å². The molecule has 0 radical (unpaired) electrons. The molecule has 1 aliphatic rings. The van der Waals surface area contributed by atoms with Gasteiger partial charge < -0.3 is 9.67 Å². The number of nitrogens with zero attached hydrogens (tertiary/aromatic N) is 2. The van der Waals surface area contributed by atoms with Crippen molar-refractivity contribution < 1.29 is 14.3 Å². The van der Waals surface area contributed by atoms with Crippen LogP contribution in [0, 0.1) is 5.82 Å². The molecular weight excluding hydrogens is 399 g/mol. The van der Waals surface area contributed by atoms with Gasteiger partial charge >= 0.3 is 5.97 Å². The summed E-state index contributed by atoms with van der Waals surface area (Å²) >= 11 is 7.77. The van der Waals surface area contributed by atoms with Gasteiger partial charge in [-0.3, -0.25) is 9.78 Å². The van der Waals surface area contributed by atoms with Crippen LogP contribution in [0.5, 0.6) is 0 Å². The van der Waals surface area contributed by atoms with Crippen molar-refractivity contribution in [2.24, 2.45) is 0 Å². The van der Waals surface area contributed by atoms with E-state index in [-0.39, 0.29) is 24.1 Å². The van der Waals surface area contributed by atoms with Gasteiger partial charge in [0.05, 0.1) is 22.7 Å². The van der Waals surface area contributed by atoms with Crippen LogP contribution in [0.3, 0.4) is 0 Å². The lowest BCUT2D eigenvalue weighted by atomic mass is 9.99. The molecule has 1 unspecified atom stereocenters. The third-order valence-corrected chi connectivity index (χ3v) is 6.78. The Hall–Kier alpha value is -2.05. The van der Waals surface area contributed by atoms with Crippen LogP contribution in [0.4, 0.5) is 4.39 Å². The molecule has 1 N–H and O–H groups in total. The summed E-state index contributed by atoms with van der Waals surface area (Å²) in [6, 6.07) is 6.36. The highest BCUT2D eigenvalue weighted by molar-refractivity contribution is 7.99. The summed E-state index contributed by atoms with van der Waals surface area (Å²) in [6.45, 7) is 4.97. The number of halogens is 2. The van der Waals surface area contributed by atoms with Gasteiger partial charge in [-0.15, -0.1) is 0 Å². The lowest BCUT2D eigenvalue weighted by Crippen LogP contribution is -2.04. The van der Waals surface area contributed by atoms with Gasteiger partial charge in [0.25, 0.3) is 0 Å². The van der Waals surface area contributed by atoms with Crippen molar-refractivity contribution in [1.82, 2.24) is 9.55 Å². The summed E-state index contributed by atoms with van der Waals surface area (Å²) in [5.41, 5.74) is 3.08. The first kappa shape index (κ1) is 19.3. The summed E-state index contributed by atoms with van der Waals surface area (Å²) in [4.78, 5) is 17.8. The van der Waals surface area contributed by atoms with Crippen molar-refractivity contribution in [2.45, 2.75) is 54.9 Å². The smallest absolute Gasteiger partial charge is 0.304 e. The third kappa shape index (κ3) is 3.29. The van der Waals surface area contributed by atoms with Crippen LogP contribution in [0.25, 0.3) is 10.9 Å². The van der Waals surface area contributed by atoms with Crippen LogP contribution in [0.15, 0.2) is 40.3 Å². The number of pyridine rings is 1. The van der Waals surface area contributed by atoms with Crippen LogP contribution >= 0.6 is 23.4 Å². The second-order valence-electron chi connectivity index (χ2n) is 7.37. The zero-order chi connectivity index (χ0) is 20.0. The molecule has 0 fully saturated rings. The summed E-state index contributed by atoms with van der Waals surface area (Å²) in [5, 5.41) is 10.8. The molecule has 0 bridgehead atoms. The van der Waals surface area contributed by atoms with Gasteiger partial charge in [-0.2, -0.15) is 0 Å². The minimum atomic E-state index is -0.804. The molecule has 1 atom stereocenters. The third-order valence-electron chi connectivity index (χ3n) is 5.16. The number of hydrogen-bond acceptors (Lipinski definition) is 3. The van der Waals surface area contributed by atoms with Crippen LogP contribution in [-0.4, -0.2) is 20.6 Å². The molecule has 1 aliphatic heterocycles. The summed E-state index contributed by atoms with van der Waals surface area (Å²) < 4.78 is 15.7. The van der Waals surface area contributed by atoms with Gasteiger partial charge in [-0.1, -0.05) is 37.2 Å². The normalized spacial score (nSPS) is 16.1. The fourth-order valence-electron chi connectivity index (χ4n) is 3.99. The predicted octanol–water partition coefficient (Wildman–Crippen LogP) is 6.07. The molecule has 0 saturated heterocycles. The molecule has 0 saturated carbocycles. The second-order valence-corrected chi connectivity index (χ2v) is 8.83. The van der Waals surface area contributed by atoms with Crippen molar-refractivity contribution >= 4 is 40.2 Å². The Kier molecular flexibility index (Phi) is 5.10. The van der Waals surface area contributed by atoms with Gasteiger partial charge in [0.15, 0.2) is 0 Å². The van der Waals surface area contributed by atoms with Gasteiger partial charge in [-0.05, 0) is 36.6 Å². The van der Waals surface area contributed by atoms with Crippen molar-refractivity contribution in [3.8, 4) is 0 Å². The van der Waals surface area contributed by atoms with E-state index in [9.17, 15) is 14.3 Å². The van der Waals surface area contributed by atoms with Crippen LogP contribution < -0.4 is 0 Å². The van der Waals surface area contributed by atoms with Crippen molar-refractivity contribution in [1.29, 1.82) is 0 Å². The highest BCUT2D eigenvalue weighted by atomic mass is 35.5. The van der Waals surface area contributed by atoms with E-state index in [1.165, 1.54) is 23.9 Å². The van der Waals surface area contributed by atoms with E-state index in [1.807, 2.05) is 12.3 Å². The Morgan fingerprint density at radius 3 is 2.89 bits per heavy atom. The first-order valence-electron chi connectivity index (χ1n) is 9.22. The number of fused-ring (bicyclic) bond motifs is 3. The molecule has 4 rings (SSSR count). The molecule has 28 heavy (non-hydrogen) atoms. The number of hydrogen-bond donors (Lipinski definition) is 1. The molecule has 7 heteroatoms. The van der Waals surface area contributed by atoms with E-state index in [4.69, 9.17) is 11.6 Å². The standard InChI is InChI=1S/C21H20ClFN2O2S/c1-11(2)19-18-15(5-7-24-19)25-8-6-12(9-17(26)27)20(25)21(18)28-16-4-3-13(23)10-14(16)22/h3-5,7,10-12H,6,8-9H2,1-2H3,(H,26,27). The largest absolute Gasteiger partial charge is 0.481 e. The number of aromatic nitrogens is 2. The maximum atomic E-state index is 13.5. The molecule has 4 nitrogen and oxygen atoms in total. The molecule has 3 heterocycles. The summed E-state index contributed by atoms with van der Waals surface area (Å²) in [5.74, 6) is -1.03. The summed E-state index contributed by atoms with van der Waals surface area (Å²) in [6.07, 6.45) is 2.70. The lowest BCUT2D eigenvalue weighted by Gasteiger charge is -2.13. The number of carboxylic acid groups (broad SMARTS) is 1. The average molecular weight is 419 g/mol. The highest BCUT2D eigenvalue weighted by Crippen LogP contribution is 2.49. The molecular formula is C21H20ClFN2O2S. The number of rotatable bonds is 5. The van der Waals surface area contributed by atoms with Gasteiger partial charge in [0.2, 0.25) is 0 Å². The minimum absolute atomic E-state index is 0.0633. The van der Waals surface area contributed by atoms with E-state index < -0.39 is 5.97 Å². The van der Waals surface area contributed by atoms with E-state index in [0.29, 0.717) is 5.02 Å². The molecule has 1 aromatic carbocycles. The Labute approximate surface area is 171 Å². The maximum Gasteiger partial charge on any atom is 0.304 e. The fourth-order valence-corrected chi connectivity index (χ4v) is 5.48. The first-order valence-corrected chi connectivity index (χ1v) is 10.4. The monoisotopic (exact) mass is 418 g/mol. The quantitative estimate of drug-likeness (QED) is 0.546. The number of aliphatic carboxylic acids is 1. The second kappa shape index (κ2) is 7.41. The van der Waals surface area contributed by atoms with Gasteiger partial charge in [0, 0.05) is 39.5 Å². The van der Waals surface area contributed by atoms with Gasteiger partial charge in [-0.25, -0.2) is 4.39 Å². The molecule has 0 aliphatic carbocycles. The number of aryl methyl sites for hydroxylation is 1. The Balaban J connectivity index is 1.95. The molecule has 146 valence electrons. The molecule has 3 aromatic rings. The van der Waals surface area contributed by atoms with Crippen molar-refractivity contribution in [3.05, 3.63) is 52.7 Å². The Morgan fingerprint density at radius 1 is 1.43 bits per heavy atom. The van der Waals surface area contributed by atoms with Crippen LogP contribution in [0.1, 0.15) is 49.9 Å². The molecule has 0 spiro atoms. The zero-order valence-corrected chi connectivity index (χ0v) is 17.1. The minimum Gasteiger partial charge on any atom is -0.481 e. The van der Waals surface area contributed by atoms with Crippen LogP contribution in [0.2, 0.25) is 5.02 Å². The van der Waals surface area contributed by atoms with Crippen LogP contribution in [-0.2, 0) is 11.3 Å². The van der Waals surface area contributed by atoms with Crippen molar-refractivity contribution in [2.75, 3.05) is 0 Å². The average Bonchev–Trinajstić information content (AvgIpc) is 3.16. The predicted molar refractivity (Wildman–Crippen MR) is 109 cm³/mol. The van der Waals surface area contributed by atoms with Gasteiger partial charge in [0.1, 0.15) is 5.82 Å². The van der Waals surface area contributed by atoms with E-state index in [2.05, 4.69) is 23.4 Å². The SMILES string of the molecule is CC(C)c1nccc2c1c(Sc1ccc(F)cc1Cl)c1n2CCC1CC(=O)O.